The van der Waals surface area contributed by atoms with E-state index in [9.17, 15) is 14.7 Å². The second kappa shape index (κ2) is 7.34. The lowest BCUT2D eigenvalue weighted by Gasteiger charge is -2.18. The Balaban J connectivity index is 1.52. The van der Waals surface area contributed by atoms with Crippen molar-refractivity contribution < 1.29 is 14.7 Å². The SMILES string of the molecule is O=C(Nc1c2c(cc3c1CCC3)CCC2)N[C@H](Cc1ncccn1)C(=O)O. The Bertz CT molecular complexity index is 850. The fraction of sp³-hybridized carbons (Fsp3) is 0.400. The van der Waals surface area contributed by atoms with Gasteiger partial charge in [-0.25, -0.2) is 19.6 Å². The van der Waals surface area contributed by atoms with Crippen LogP contribution in [0.2, 0.25) is 0 Å². The van der Waals surface area contributed by atoms with Crippen molar-refractivity contribution in [2.75, 3.05) is 5.32 Å². The van der Waals surface area contributed by atoms with Gasteiger partial charge in [0.15, 0.2) is 0 Å². The first kappa shape index (κ1) is 17.5. The fourth-order valence-electron chi connectivity index (χ4n) is 4.09. The van der Waals surface area contributed by atoms with Gasteiger partial charge in [-0.3, -0.25) is 0 Å². The van der Waals surface area contributed by atoms with Crippen molar-refractivity contribution in [1.82, 2.24) is 15.3 Å². The number of hydrogen-bond acceptors (Lipinski definition) is 4. The molecular weight excluding hydrogens is 344 g/mol. The predicted octanol–water partition coefficient (Wildman–Crippen LogP) is 2.27. The molecule has 2 aliphatic carbocycles. The number of benzene rings is 1. The first-order chi connectivity index (χ1) is 13.1. The summed E-state index contributed by atoms with van der Waals surface area (Å²) < 4.78 is 0. The summed E-state index contributed by atoms with van der Waals surface area (Å²) in [4.78, 5) is 32.2. The van der Waals surface area contributed by atoms with Gasteiger partial charge in [0.05, 0.1) is 0 Å². The highest BCUT2D eigenvalue weighted by Crippen LogP contribution is 2.38. The van der Waals surface area contributed by atoms with Crippen LogP contribution >= 0.6 is 0 Å². The van der Waals surface area contributed by atoms with Gasteiger partial charge in [0.1, 0.15) is 11.9 Å². The molecular formula is C20H22N4O3. The summed E-state index contributed by atoms with van der Waals surface area (Å²) in [6, 6.07) is 2.38. The van der Waals surface area contributed by atoms with Gasteiger partial charge in [-0.2, -0.15) is 0 Å². The first-order valence-electron chi connectivity index (χ1n) is 9.34. The van der Waals surface area contributed by atoms with Crippen LogP contribution in [0.15, 0.2) is 24.5 Å². The summed E-state index contributed by atoms with van der Waals surface area (Å²) in [6.07, 6.45) is 9.33. The standard InChI is InChI=1S/C20H22N4O3/c25-19(26)16(11-17-21-8-3-9-22-17)23-20(27)24-18-14-6-1-4-12(14)10-13-5-2-7-15(13)18/h3,8-10,16H,1-2,4-7,11H2,(H,25,26)(H2,23,24,27)/t16-/m1/s1. The molecule has 0 spiro atoms. The molecule has 2 amide bonds. The second-order valence-corrected chi connectivity index (χ2v) is 7.09. The number of carboxylic acids is 1. The molecule has 0 unspecified atom stereocenters. The highest BCUT2D eigenvalue weighted by Gasteiger charge is 2.27. The number of fused-ring (bicyclic) bond motifs is 2. The Morgan fingerprint density at radius 1 is 1.04 bits per heavy atom. The zero-order valence-electron chi connectivity index (χ0n) is 15.0. The number of carboxylic acid groups (broad SMARTS) is 1. The van der Waals surface area contributed by atoms with E-state index in [-0.39, 0.29) is 6.42 Å². The van der Waals surface area contributed by atoms with Crippen LogP contribution in [-0.4, -0.2) is 33.1 Å². The number of aliphatic carboxylic acids is 1. The lowest BCUT2D eigenvalue weighted by atomic mass is 9.99. The molecule has 0 bridgehead atoms. The van der Waals surface area contributed by atoms with E-state index < -0.39 is 18.0 Å². The Morgan fingerprint density at radius 2 is 1.67 bits per heavy atom. The lowest BCUT2D eigenvalue weighted by molar-refractivity contribution is -0.139. The van der Waals surface area contributed by atoms with Crippen molar-refractivity contribution in [3.05, 3.63) is 52.6 Å². The maximum atomic E-state index is 12.6. The van der Waals surface area contributed by atoms with Crippen LogP contribution in [0.3, 0.4) is 0 Å². The average Bonchev–Trinajstić information content (AvgIpc) is 3.31. The summed E-state index contributed by atoms with van der Waals surface area (Å²) >= 11 is 0. The number of aromatic nitrogens is 2. The molecule has 7 heteroatoms. The summed E-state index contributed by atoms with van der Waals surface area (Å²) in [5.74, 6) is -0.729. The molecule has 0 radical (unpaired) electrons. The van der Waals surface area contributed by atoms with Crippen molar-refractivity contribution >= 4 is 17.7 Å². The van der Waals surface area contributed by atoms with E-state index in [0.29, 0.717) is 5.82 Å². The summed E-state index contributed by atoms with van der Waals surface area (Å²) in [7, 11) is 0. The lowest BCUT2D eigenvalue weighted by Crippen LogP contribution is -2.44. The third-order valence-corrected chi connectivity index (χ3v) is 5.32. The number of carbonyl (C=O) groups is 2. The topological polar surface area (TPSA) is 104 Å². The van der Waals surface area contributed by atoms with E-state index in [1.807, 2.05) is 0 Å². The van der Waals surface area contributed by atoms with Gasteiger partial charge < -0.3 is 15.7 Å². The number of amides is 2. The highest BCUT2D eigenvalue weighted by molar-refractivity contribution is 5.94. The normalized spacial score (nSPS) is 15.7. The molecule has 4 rings (SSSR count). The molecule has 7 nitrogen and oxygen atoms in total. The van der Waals surface area contributed by atoms with E-state index in [1.165, 1.54) is 22.3 Å². The van der Waals surface area contributed by atoms with Crippen molar-refractivity contribution in [3.8, 4) is 0 Å². The van der Waals surface area contributed by atoms with Gasteiger partial charge in [-0.15, -0.1) is 0 Å². The van der Waals surface area contributed by atoms with Crippen LogP contribution in [0, 0.1) is 0 Å². The van der Waals surface area contributed by atoms with E-state index in [4.69, 9.17) is 0 Å². The molecule has 2 aliphatic rings. The van der Waals surface area contributed by atoms with Crippen molar-refractivity contribution in [2.24, 2.45) is 0 Å². The molecule has 0 saturated carbocycles. The molecule has 0 aliphatic heterocycles. The smallest absolute Gasteiger partial charge is 0.326 e. The van der Waals surface area contributed by atoms with E-state index in [0.717, 1.165) is 44.2 Å². The highest BCUT2D eigenvalue weighted by atomic mass is 16.4. The number of urea groups is 1. The van der Waals surface area contributed by atoms with Gasteiger partial charge in [0.2, 0.25) is 0 Å². The van der Waals surface area contributed by atoms with Crippen LogP contribution in [0.5, 0.6) is 0 Å². The van der Waals surface area contributed by atoms with Crippen LogP contribution < -0.4 is 10.6 Å². The van der Waals surface area contributed by atoms with E-state index in [2.05, 4.69) is 26.7 Å². The molecule has 27 heavy (non-hydrogen) atoms. The summed E-state index contributed by atoms with van der Waals surface area (Å²) in [5.41, 5.74) is 5.96. The fourth-order valence-corrected chi connectivity index (χ4v) is 4.09. The zero-order chi connectivity index (χ0) is 18.8. The largest absolute Gasteiger partial charge is 0.480 e. The van der Waals surface area contributed by atoms with E-state index in [1.54, 1.807) is 18.5 Å². The van der Waals surface area contributed by atoms with Gasteiger partial charge >= 0.3 is 12.0 Å². The number of anilines is 1. The molecule has 1 heterocycles. The van der Waals surface area contributed by atoms with E-state index >= 15 is 0 Å². The second-order valence-electron chi connectivity index (χ2n) is 7.09. The molecule has 1 atom stereocenters. The van der Waals surface area contributed by atoms with Gasteiger partial charge in [-0.1, -0.05) is 6.07 Å². The Hall–Kier alpha value is -2.96. The number of rotatable bonds is 5. The minimum Gasteiger partial charge on any atom is -0.480 e. The van der Waals surface area contributed by atoms with Crippen LogP contribution in [0.25, 0.3) is 0 Å². The first-order valence-corrected chi connectivity index (χ1v) is 9.34. The predicted molar refractivity (Wildman–Crippen MR) is 99.8 cm³/mol. The molecule has 1 aromatic heterocycles. The van der Waals surface area contributed by atoms with Crippen LogP contribution in [0.4, 0.5) is 10.5 Å². The molecule has 140 valence electrons. The molecule has 2 aromatic rings. The molecule has 0 fully saturated rings. The van der Waals surface area contributed by atoms with Crippen LogP contribution in [-0.2, 0) is 36.9 Å². The van der Waals surface area contributed by atoms with Gasteiger partial charge in [0.25, 0.3) is 0 Å². The molecule has 3 N–H and O–H groups in total. The van der Waals surface area contributed by atoms with Crippen molar-refractivity contribution in [1.29, 1.82) is 0 Å². The quantitative estimate of drug-likeness (QED) is 0.753. The maximum absolute atomic E-state index is 12.6. The minimum absolute atomic E-state index is 0.0363. The van der Waals surface area contributed by atoms with Crippen molar-refractivity contribution in [2.45, 2.75) is 51.0 Å². The van der Waals surface area contributed by atoms with Crippen molar-refractivity contribution in [3.63, 3.8) is 0 Å². The number of hydrogen-bond donors (Lipinski definition) is 3. The molecule has 1 aromatic carbocycles. The average molecular weight is 366 g/mol. The van der Waals surface area contributed by atoms with Crippen LogP contribution in [0.1, 0.15) is 40.9 Å². The third-order valence-electron chi connectivity index (χ3n) is 5.32. The number of aryl methyl sites for hydroxylation is 2. The van der Waals surface area contributed by atoms with Gasteiger partial charge in [0, 0.05) is 24.5 Å². The minimum atomic E-state index is -1.11. The maximum Gasteiger partial charge on any atom is 0.326 e. The molecule has 0 saturated heterocycles. The third kappa shape index (κ3) is 3.63. The zero-order valence-corrected chi connectivity index (χ0v) is 15.0. The Labute approximate surface area is 157 Å². The monoisotopic (exact) mass is 366 g/mol. The summed E-state index contributed by atoms with van der Waals surface area (Å²) in [5, 5.41) is 15.0. The number of nitrogens with zero attached hydrogens (tertiary/aromatic N) is 2. The van der Waals surface area contributed by atoms with Gasteiger partial charge in [-0.05, 0) is 66.8 Å². The number of nitrogens with one attached hydrogen (secondary N) is 2. The number of carbonyl (C=O) groups excluding carboxylic acids is 1. The Morgan fingerprint density at radius 3 is 2.26 bits per heavy atom. The Kier molecular flexibility index (Phi) is 4.75. The summed E-state index contributed by atoms with van der Waals surface area (Å²) in [6.45, 7) is 0.